The first-order valence-electron chi connectivity index (χ1n) is 6.24. The van der Waals surface area contributed by atoms with Crippen molar-refractivity contribution < 1.29 is 4.79 Å². The zero-order valence-electron chi connectivity index (χ0n) is 11.3. The van der Waals surface area contributed by atoms with Gasteiger partial charge in [0, 0.05) is 10.9 Å². The lowest BCUT2D eigenvalue weighted by Gasteiger charge is -2.07. The van der Waals surface area contributed by atoms with Crippen molar-refractivity contribution in [2.45, 2.75) is 26.7 Å². The van der Waals surface area contributed by atoms with Crippen molar-refractivity contribution in [3.8, 4) is 0 Å². The van der Waals surface area contributed by atoms with Crippen LogP contribution in [0.25, 0.3) is 5.57 Å². The van der Waals surface area contributed by atoms with Gasteiger partial charge in [-0.1, -0.05) is 37.6 Å². The molecule has 0 fully saturated rings. The average Bonchev–Trinajstić information content (AvgIpc) is 2.34. The lowest BCUT2D eigenvalue weighted by Crippen LogP contribution is -2.00. The van der Waals surface area contributed by atoms with Crippen LogP contribution in [-0.2, 0) is 4.79 Å². The van der Waals surface area contributed by atoms with Crippen LogP contribution >= 0.6 is 23.2 Å². The van der Waals surface area contributed by atoms with E-state index in [4.69, 9.17) is 23.2 Å². The molecule has 1 rings (SSSR count). The van der Waals surface area contributed by atoms with Crippen LogP contribution in [-0.4, -0.2) is 11.7 Å². The van der Waals surface area contributed by atoms with Crippen molar-refractivity contribution in [2.75, 3.05) is 5.88 Å². The Morgan fingerprint density at radius 2 is 2.05 bits per heavy atom. The van der Waals surface area contributed by atoms with E-state index < -0.39 is 0 Å². The van der Waals surface area contributed by atoms with Crippen molar-refractivity contribution in [3.05, 3.63) is 52.6 Å². The fourth-order valence-corrected chi connectivity index (χ4v) is 2.33. The number of hydrogen-bond donors (Lipinski definition) is 0. The van der Waals surface area contributed by atoms with E-state index in [9.17, 15) is 4.79 Å². The highest BCUT2D eigenvalue weighted by Crippen LogP contribution is 2.23. The Hall–Kier alpha value is -1.05. The Morgan fingerprint density at radius 1 is 1.37 bits per heavy atom. The third-order valence-electron chi connectivity index (χ3n) is 2.76. The minimum Gasteiger partial charge on any atom is -0.290 e. The van der Waals surface area contributed by atoms with Gasteiger partial charge in [0.15, 0.2) is 5.78 Å². The Bertz CT molecular complexity index is 495. The van der Waals surface area contributed by atoms with E-state index in [-0.39, 0.29) is 11.7 Å². The molecule has 0 saturated heterocycles. The topological polar surface area (TPSA) is 17.1 Å². The molecule has 0 aliphatic heterocycles. The fraction of sp³-hybridized carbons (Fsp3) is 0.312. The van der Waals surface area contributed by atoms with E-state index in [0.717, 1.165) is 23.1 Å². The molecule has 0 aliphatic carbocycles. The zero-order valence-corrected chi connectivity index (χ0v) is 12.8. The second-order valence-electron chi connectivity index (χ2n) is 4.54. The van der Waals surface area contributed by atoms with Gasteiger partial charge in [-0.15, -0.1) is 11.6 Å². The highest BCUT2D eigenvalue weighted by Gasteiger charge is 2.08. The summed E-state index contributed by atoms with van der Waals surface area (Å²) in [5.41, 5.74) is 3.31. The summed E-state index contributed by atoms with van der Waals surface area (Å²) in [5, 5.41) is 0.644. The van der Waals surface area contributed by atoms with Crippen LogP contribution in [0.4, 0.5) is 0 Å². The van der Waals surface area contributed by atoms with Crippen LogP contribution in [0.2, 0.25) is 5.02 Å². The lowest BCUT2D eigenvalue weighted by molar-refractivity contribution is -0.111. The lowest BCUT2D eigenvalue weighted by atomic mass is 10.0. The van der Waals surface area contributed by atoms with Crippen LogP contribution in [0.1, 0.15) is 30.9 Å². The summed E-state index contributed by atoms with van der Waals surface area (Å²) in [6.07, 6.45) is 3.18. The van der Waals surface area contributed by atoms with Crippen LogP contribution < -0.4 is 0 Å². The van der Waals surface area contributed by atoms with E-state index in [1.54, 1.807) is 6.08 Å². The second kappa shape index (κ2) is 7.52. The standard InChI is InChI=1S/C16H18Cl2O/c1-4-5-12(3)16(19)9-14(10-17)13-6-11(2)7-15(18)8-13/h6-9H,3-5,10H2,1-2H3/b14-9+. The van der Waals surface area contributed by atoms with Gasteiger partial charge in [0.05, 0.1) is 0 Å². The van der Waals surface area contributed by atoms with Gasteiger partial charge in [0.25, 0.3) is 0 Å². The number of hydrogen-bond acceptors (Lipinski definition) is 1. The molecule has 0 aromatic heterocycles. The molecular weight excluding hydrogens is 279 g/mol. The monoisotopic (exact) mass is 296 g/mol. The molecule has 0 spiro atoms. The first kappa shape index (κ1) is 16.0. The van der Waals surface area contributed by atoms with Gasteiger partial charge in [0.1, 0.15) is 0 Å². The van der Waals surface area contributed by atoms with E-state index in [0.29, 0.717) is 17.0 Å². The normalized spacial score (nSPS) is 11.5. The summed E-state index contributed by atoms with van der Waals surface area (Å²) in [6, 6.07) is 5.66. The first-order valence-corrected chi connectivity index (χ1v) is 7.15. The molecule has 0 heterocycles. The molecule has 0 radical (unpaired) electrons. The number of aryl methyl sites for hydroxylation is 1. The minimum absolute atomic E-state index is 0.0601. The van der Waals surface area contributed by atoms with Gasteiger partial charge in [0.2, 0.25) is 0 Å². The Morgan fingerprint density at radius 3 is 2.58 bits per heavy atom. The molecule has 1 aromatic carbocycles. The minimum atomic E-state index is -0.0601. The molecule has 0 bridgehead atoms. The summed E-state index contributed by atoms with van der Waals surface area (Å²) in [5.74, 6) is 0.209. The molecule has 0 atom stereocenters. The number of allylic oxidation sites excluding steroid dienone is 3. The SMILES string of the molecule is C=C(CCC)C(=O)/C=C(\CCl)c1cc(C)cc(Cl)c1. The summed E-state index contributed by atoms with van der Waals surface area (Å²) in [7, 11) is 0. The van der Waals surface area contributed by atoms with Crippen molar-refractivity contribution in [3.63, 3.8) is 0 Å². The number of ketones is 1. The summed E-state index contributed by atoms with van der Waals surface area (Å²) in [6.45, 7) is 7.77. The molecule has 3 heteroatoms. The van der Waals surface area contributed by atoms with Gasteiger partial charge >= 0.3 is 0 Å². The third kappa shape index (κ3) is 4.85. The Labute approximate surface area is 124 Å². The highest BCUT2D eigenvalue weighted by molar-refractivity contribution is 6.31. The number of rotatable bonds is 6. The molecule has 1 nitrogen and oxygen atoms in total. The molecular formula is C16H18Cl2O. The predicted molar refractivity (Wildman–Crippen MR) is 83.9 cm³/mol. The van der Waals surface area contributed by atoms with Crippen LogP contribution in [0.15, 0.2) is 36.4 Å². The number of carbonyl (C=O) groups is 1. The zero-order chi connectivity index (χ0) is 14.4. The third-order valence-corrected chi connectivity index (χ3v) is 3.27. The van der Waals surface area contributed by atoms with Gasteiger partial charge in [-0.3, -0.25) is 4.79 Å². The summed E-state index contributed by atoms with van der Waals surface area (Å²) >= 11 is 12.0. The van der Waals surface area contributed by atoms with Crippen molar-refractivity contribution in [2.24, 2.45) is 0 Å². The largest absolute Gasteiger partial charge is 0.290 e. The molecule has 0 saturated carbocycles. The predicted octanol–water partition coefficient (Wildman–Crippen LogP) is 5.20. The van der Waals surface area contributed by atoms with Crippen molar-refractivity contribution in [1.82, 2.24) is 0 Å². The van der Waals surface area contributed by atoms with Gasteiger partial charge < -0.3 is 0 Å². The summed E-state index contributed by atoms with van der Waals surface area (Å²) < 4.78 is 0. The molecule has 0 unspecified atom stereocenters. The number of alkyl halides is 1. The maximum atomic E-state index is 12.0. The number of benzene rings is 1. The second-order valence-corrected chi connectivity index (χ2v) is 5.24. The average molecular weight is 297 g/mol. The number of halogens is 2. The van der Waals surface area contributed by atoms with Crippen molar-refractivity contribution >= 4 is 34.6 Å². The smallest absolute Gasteiger partial charge is 0.181 e. The quantitative estimate of drug-likeness (QED) is 0.521. The van der Waals surface area contributed by atoms with E-state index in [2.05, 4.69) is 6.58 Å². The molecule has 0 amide bonds. The number of carbonyl (C=O) groups excluding carboxylic acids is 1. The highest BCUT2D eigenvalue weighted by atomic mass is 35.5. The molecule has 0 aliphatic rings. The van der Waals surface area contributed by atoms with E-state index >= 15 is 0 Å². The molecule has 0 N–H and O–H groups in total. The Kier molecular flexibility index (Phi) is 6.33. The van der Waals surface area contributed by atoms with Crippen LogP contribution in [0, 0.1) is 6.92 Å². The molecule has 19 heavy (non-hydrogen) atoms. The van der Waals surface area contributed by atoms with Gasteiger partial charge in [-0.2, -0.15) is 0 Å². The van der Waals surface area contributed by atoms with Crippen molar-refractivity contribution in [1.29, 1.82) is 0 Å². The van der Waals surface area contributed by atoms with Gasteiger partial charge in [-0.25, -0.2) is 0 Å². The molecule has 102 valence electrons. The first-order chi connectivity index (χ1) is 8.97. The van der Waals surface area contributed by atoms with E-state index in [1.807, 2.05) is 32.0 Å². The molecule has 1 aromatic rings. The Balaban J connectivity index is 3.05. The maximum Gasteiger partial charge on any atom is 0.181 e. The fourth-order valence-electron chi connectivity index (χ4n) is 1.81. The van der Waals surface area contributed by atoms with E-state index in [1.165, 1.54) is 0 Å². The maximum absolute atomic E-state index is 12.0. The van der Waals surface area contributed by atoms with Crippen LogP contribution in [0.3, 0.4) is 0 Å². The summed E-state index contributed by atoms with van der Waals surface area (Å²) in [4.78, 5) is 12.0. The van der Waals surface area contributed by atoms with Gasteiger partial charge in [-0.05, 0) is 53.8 Å². The van der Waals surface area contributed by atoms with Crippen LogP contribution in [0.5, 0.6) is 0 Å².